The number of amides is 4. The zero-order chi connectivity index (χ0) is 29.9. The Hall–Kier alpha value is -4.70. The molecule has 3 aromatic rings. The molecule has 1 heterocycles. The molecule has 10 heteroatoms. The van der Waals surface area contributed by atoms with E-state index < -0.39 is 41.3 Å². The molecular weight excluding hydrogens is 522 g/mol. The molecule has 7 N–H and O–H groups in total. The molecule has 2 atom stereocenters. The highest BCUT2D eigenvalue weighted by atomic mass is 16.4. The number of nitrogen functional groups attached to an aromatic ring is 1. The zero-order valence-corrected chi connectivity index (χ0v) is 23.3. The Labute approximate surface area is 238 Å². The number of hydrogen-bond acceptors (Lipinski definition) is 6. The number of imide groups is 1. The van der Waals surface area contributed by atoms with Gasteiger partial charge in [-0.1, -0.05) is 48.5 Å². The van der Waals surface area contributed by atoms with Gasteiger partial charge in [0.25, 0.3) is 0 Å². The van der Waals surface area contributed by atoms with Crippen LogP contribution in [0, 0.1) is 11.3 Å². The number of rotatable bonds is 7. The summed E-state index contributed by atoms with van der Waals surface area (Å²) in [7, 11) is 0. The number of anilines is 3. The van der Waals surface area contributed by atoms with Crippen molar-refractivity contribution in [2.45, 2.75) is 39.2 Å². The van der Waals surface area contributed by atoms with Gasteiger partial charge >= 0.3 is 12.0 Å². The molecule has 1 aliphatic rings. The van der Waals surface area contributed by atoms with Crippen molar-refractivity contribution in [1.29, 1.82) is 0 Å². The molecular formula is C31H35N5O5. The first-order valence-corrected chi connectivity index (χ1v) is 13.3. The molecule has 0 saturated heterocycles. The molecule has 0 aromatic heterocycles. The number of carboxylic acids is 1. The summed E-state index contributed by atoms with van der Waals surface area (Å²) in [5, 5.41) is 14.4. The summed E-state index contributed by atoms with van der Waals surface area (Å²) in [6.07, 6.45) is 0.819. The predicted octanol–water partition coefficient (Wildman–Crippen LogP) is 4.01. The fourth-order valence-corrected chi connectivity index (χ4v) is 5.27. The van der Waals surface area contributed by atoms with Crippen LogP contribution in [0.15, 0.2) is 72.8 Å². The number of nitrogens with one attached hydrogen (secondary N) is 2. The molecule has 214 valence electrons. The summed E-state index contributed by atoms with van der Waals surface area (Å²) in [6.45, 7) is 4.17. The lowest BCUT2D eigenvalue weighted by Gasteiger charge is -2.46. The monoisotopic (exact) mass is 557 g/mol. The van der Waals surface area contributed by atoms with Gasteiger partial charge in [-0.25, -0.2) is 9.69 Å². The molecule has 3 aromatic carbocycles. The van der Waals surface area contributed by atoms with E-state index in [0.29, 0.717) is 24.2 Å². The van der Waals surface area contributed by atoms with Crippen LogP contribution in [0.2, 0.25) is 0 Å². The number of para-hydroxylation sites is 2. The molecule has 0 fully saturated rings. The summed E-state index contributed by atoms with van der Waals surface area (Å²) in [5.74, 6) is -3.29. The maximum atomic E-state index is 14.6. The van der Waals surface area contributed by atoms with Gasteiger partial charge in [-0.2, -0.15) is 0 Å². The van der Waals surface area contributed by atoms with E-state index in [9.17, 15) is 24.3 Å². The van der Waals surface area contributed by atoms with Gasteiger partial charge in [0, 0.05) is 22.5 Å². The number of carbonyl (C=O) groups excluding carboxylic acids is 3. The summed E-state index contributed by atoms with van der Waals surface area (Å²) in [4.78, 5) is 53.8. The molecule has 0 aliphatic carbocycles. The minimum Gasteiger partial charge on any atom is -0.480 e. The Morgan fingerprint density at radius 2 is 1.63 bits per heavy atom. The second-order valence-electron chi connectivity index (χ2n) is 11.0. The average Bonchev–Trinajstić information content (AvgIpc) is 3.10. The van der Waals surface area contributed by atoms with E-state index in [-0.39, 0.29) is 11.6 Å². The lowest BCUT2D eigenvalue weighted by atomic mass is 9.62. The molecule has 0 saturated carbocycles. The van der Waals surface area contributed by atoms with Crippen LogP contribution in [0.3, 0.4) is 0 Å². The van der Waals surface area contributed by atoms with E-state index >= 15 is 0 Å². The molecule has 41 heavy (non-hydrogen) atoms. The van der Waals surface area contributed by atoms with Gasteiger partial charge < -0.3 is 27.2 Å². The Morgan fingerprint density at radius 3 is 2.27 bits per heavy atom. The first-order valence-electron chi connectivity index (χ1n) is 13.3. The number of aryl methyl sites for hydroxylation is 1. The average molecular weight is 558 g/mol. The van der Waals surface area contributed by atoms with Crippen molar-refractivity contribution in [3.63, 3.8) is 0 Å². The minimum atomic E-state index is -1.58. The highest BCUT2D eigenvalue weighted by Crippen LogP contribution is 2.44. The third-order valence-corrected chi connectivity index (χ3v) is 7.97. The molecule has 0 spiro atoms. The maximum Gasteiger partial charge on any atom is 0.329 e. The number of nitrogens with zero attached hydrogens (tertiary/aromatic N) is 1. The van der Waals surface area contributed by atoms with Gasteiger partial charge in [-0.05, 0) is 69.0 Å². The molecule has 1 unspecified atom stereocenters. The van der Waals surface area contributed by atoms with Crippen molar-refractivity contribution in [1.82, 2.24) is 5.32 Å². The number of urea groups is 1. The Balaban J connectivity index is 1.78. The van der Waals surface area contributed by atoms with Crippen molar-refractivity contribution in [3.05, 3.63) is 78.4 Å². The van der Waals surface area contributed by atoms with E-state index in [1.807, 2.05) is 36.4 Å². The van der Waals surface area contributed by atoms with Crippen LogP contribution < -0.4 is 27.0 Å². The lowest BCUT2D eigenvalue weighted by molar-refractivity contribution is -0.141. The van der Waals surface area contributed by atoms with Crippen LogP contribution in [-0.4, -0.2) is 41.0 Å². The van der Waals surface area contributed by atoms with Gasteiger partial charge in [-0.3, -0.25) is 14.4 Å². The van der Waals surface area contributed by atoms with Crippen molar-refractivity contribution >= 4 is 40.9 Å². The Bertz CT molecular complexity index is 1480. The molecule has 10 nitrogen and oxygen atoms in total. The summed E-state index contributed by atoms with van der Waals surface area (Å²) < 4.78 is 0. The lowest BCUT2D eigenvalue weighted by Crippen LogP contribution is -2.65. The van der Waals surface area contributed by atoms with Crippen LogP contribution in [-0.2, 0) is 20.8 Å². The highest BCUT2D eigenvalue weighted by Gasteiger charge is 2.56. The normalized spacial score (nSPS) is 16.4. The van der Waals surface area contributed by atoms with Gasteiger partial charge in [-0.15, -0.1) is 0 Å². The van der Waals surface area contributed by atoms with Crippen molar-refractivity contribution in [2.24, 2.45) is 17.1 Å². The number of carboxylic acid groups (broad SMARTS) is 1. The number of carbonyl (C=O) groups is 4. The van der Waals surface area contributed by atoms with Crippen LogP contribution in [0.25, 0.3) is 11.1 Å². The number of benzene rings is 3. The third-order valence-electron chi connectivity index (χ3n) is 7.97. The summed E-state index contributed by atoms with van der Waals surface area (Å²) >= 11 is 0. The van der Waals surface area contributed by atoms with Crippen molar-refractivity contribution in [2.75, 3.05) is 22.5 Å². The highest BCUT2D eigenvalue weighted by molar-refractivity contribution is 6.18. The molecule has 0 bridgehead atoms. The number of nitrogens with two attached hydrogens (primary N) is 2. The Kier molecular flexibility index (Phi) is 8.16. The topological polar surface area (TPSA) is 168 Å². The largest absolute Gasteiger partial charge is 0.480 e. The first kappa shape index (κ1) is 29.3. The van der Waals surface area contributed by atoms with Crippen LogP contribution >= 0.6 is 0 Å². The molecule has 1 aliphatic heterocycles. The second-order valence-corrected chi connectivity index (χ2v) is 11.0. The van der Waals surface area contributed by atoms with E-state index in [0.717, 1.165) is 21.6 Å². The quantitative estimate of drug-likeness (QED) is 0.274. The fraction of sp³-hybridized carbons (Fsp3) is 0.290. The number of hydrogen-bond donors (Lipinski definition) is 5. The van der Waals surface area contributed by atoms with Gasteiger partial charge in [0.1, 0.15) is 6.54 Å². The molecule has 4 amide bonds. The van der Waals surface area contributed by atoms with Gasteiger partial charge in [0.05, 0.1) is 17.0 Å². The van der Waals surface area contributed by atoms with Gasteiger partial charge in [0.2, 0.25) is 11.8 Å². The van der Waals surface area contributed by atoms with Crippen LogP contribution in [0.4, 0.5) is 21.9 Å². The smallest absolute Gasteiger partial charge is 0.329 e. The molecule has 4 rings (SSSR count). The fourth-order valence-electron chi connectivity index (χ4n) is 5.27. The maximum absolute atomic E-state index is 14.6. The van der Waals surface area contributed by atoms with E-state index in [2.05, 4.69) is 10.6 Å². The van der Waals surface area contributed by atoms with Crippen LogP contribution in [0.1, 0.15) is 32.8 Å². The summed E-state index contributed by atoms with van der Waals surface area (Å²) in [6, 6.07) is 20.3. The first-order chi connectivity index (χ1) is 19.3. The predicted molar refractivity (Wildman–Crippen MR) is 158 cm³/mol. The van der Waals surface area contributed by atoms with Gasteiger partial charge in [0.15, 0.2) is 0 Å². The van der Waals surface area contributed by atoms with E-state index in [1.54, 1.807) is 57.2 Å². The minimum absolute atomic E-state index is 0.184. The van der Waals surface area contributed by atoms with Crippen LogP contribution in [0.5, 0.6) is 0 Å². The van der Waals surface area contributed by atoms with Crippen molar-refractivity contribution in [3.8, 4) is 11.1 Å². The summed E-state index contributed by atoms with van der Waals surface area (Å²) in [5.41, 5.74) is 13.8. The Morgan fingerprint density at radius 1 is 1.00 bits per heavy atom. The number of aliphatic carboxylic acids is 1. The van der Waals surface area contributed by atoms with Crippen molar-refractivity contribution < 1.29 is 24.3 Å². The molecule has 0 radical (unpaired) electrons. The van der Waals surface area contributed by atoms with E-state index in [1.165, 1.54) is 0 Å². The third kappa shape index (κ3) is 5.78. The SMILES string of the molecule is CC(C)(N)C(C)(C(=O)N(C(=O)NCC(=O)O)c1ccc(-c2ccccc2N)cc1)[C@H]1CCc2ccccc2NC1=O. The zero-order valence-electron chi connectivity index (χ0n) is 23.3. The van der Waals surface area contributed by atoms with E-state index in [4.69, 9.17) is 11.5 Å². The number of fused-ring (bicyclic) bond motifs is 1. The standard InChI is InChI=1S/C31H35N5O5/c1-30(2,33)31(3,23-17-14-20-8-4-7-11-25(20)35-27(23)39)28(40)36(29(41)34-18-26(37)38)21-15-12-19(13-16-21)22-9-5-6-10-24(22)32/h4-13,15-16,23H,14,17-18,32-33H2,1-3H3,(H,34,41)(H,35,39)(H,37,38)/t23-,31?/m0/s1. The second kappa shape index (κ2) is 11.4.